The van der Waals surface area contributed by atoms with Gasteiger partial charge in [0.25, 0.3) is 0 Å². The highest BCUT2D eigenvalue weighted by molar-refractivity contribution is 5.85. The molecular weight excluding hydrogens is 222 g/mol. The molecule has 0 amide bonds. The summed E-state index contributed by atoms with van der Waals surface area (Å²) >= 11 is 0. The second-order valence-corrected chi connectivity index (χ2v) is 4.30. The van der Waals surface area contributed by atoms with Gasteiger partial charge in [0, 0.05) is 25.5 Å². The van der Waals surface area contributed by atoms with Crippen LogP contribution in [0.5, 0.6) is 0 Å². The summed E-state index contributed by atoms with van der Waals surface area (Å²) in [5, 5.41) is 3.26. The molecule has 1 fully saturated rings. The lowest BCUT2D eigenvalue weighted by Crippen LogP contribution is -2.24. The van der Waals surface area contributed by atoms with Gasteiger partial charge in [0.1, 0.15) is 0 Å². The van der Waals surface area contributed by atoms with Crippen molar-refractivity contribution < 1.29 is 0 Å². The minimum absolute atomic E-state index is 0. The van der Waals surface area contributed by atoms with Crippen molar-refractivity contribution in [3.05, 3.63) is 30.1 Å². The Morgan fingerprint density at radius 1 is 1.44 bits per heavy atom. The van der Waals surface area contributed by atoms with Gasteiger partial charge in [0.2, 0.25) is 0 Å². The molecule has 0 aromatic carbocycles. The molecule has 0 saturated carbocycles. The van der Waals surface area contributed by atoms with Crippen LogP contribution in [-0.4, -0.2) is 36.6 Å². The van der Waals surface area contributed by atoms with Gasteiger partial charge in [-0.2, -0.15) is 0 Å². The zero-order valence-electron chi connectivity index (χ0n) is 9.72. The fraction of sp³-hybridized carbons (Fsp3) is 0.583. The van der Waals surface area contributed by atoms with Crippen molar-refractivity contribution in [2.75, 3.05) is 26.7 Å². The van der Waals surface area contributed by atoms with Gasteiger partial charge in [0.15, 0.2) is 0 Å². The highest BCUT2D eigenvalue weighted by Gasteiger charge is 2.21. The third-order valence-electron chi connectivity index (χ3n) is 3.02. The lowest BCUT2D eigenvalue weighted by Gasteiger charge is -2.15. The highest BCUT2D eigenvalue weighted by Crippen LogP contribution is 2.17. The van der Waals surface area contributed by atoms with E-state index in [-0.39, 0.29) is 12.4 Å². The molecule has 1 atom stereocenters. The molecule has 2 heterocycles. The SMILES string of the molecule is CNCC1CCN(Cc2ccncc2)C1.Cl. The van der Waals surface area contributed by atoms with E-state index in [1.165, 1.54) is 25.1 Å². The van der Waals surface area contributed by atoms with Gasteiger partial charge in [-0.1, -0.05) is 0 Å². The molecule has 90 valence electrons. The van der Waals surface area contributed by atoms with Crippen LogP contribution in [0.1, 0.15) is 12.0 Å². The van der Waals surface area contributed by atoms with E-state index in [1.54, 1.807) is 0 Å². The van der Waals surface area contributed by atoms with E-state index < -0.39 is 0 Å². The molecule has 0 bridgehead atoms. The summed E-state index contributed by atoms with van der Waals surface area (Å²) < 4.78 is 0. The van der Waals surface area contributed by atoms with Crippen LogP contribution >= 0.6 is 12.4 Å². The van der Waals surface area contributed by atoms with E-state index in [1.807, 2.05) is 19.4 Å². The second kappa shape index (κ2) is 6.84. The Hall–Kier alpha value is -0.640. The summed E-state index contributed by atoms with van der Waals surface area (Å²) in [5.41, 5.74) is 1.37. The number of aromatic nitrogens is 1. The number of pyridine rings is 1. The Bertz CT molecular complexity index is 292. The monoisotopic (exact) mass is 241 g/mol. The fourth-order valence-electron chi connectivity index (χ4n) is 2.26. The maximum absolute atomic E-state index is 4.04. The van der Waals surface area contributed by atoms with Crippen molar-refractivity contribution in [2.45, 2.75) is 13.0 Å². The quantitative estimate of drug-likeness (QED) is 0.867. The largest absolute Gasteiger partial charge is 0.319 e. The maximum atomic E-state index is 4.04. The normalized spacial score (nSPS) is 20.7. The number of hydrogen-bond acceptors (Lipinski definition) is 3. The minimum Gasteiger partial charge on any atom is -0.319 e. The number of hydrogen-bond donors (Lipinski definition) is 1. The first-order valence-corrected chi connectivity index (χ1v) is 5.64. The molecule has 4 heteroatoms. The van der Waals surface area contributed by atoms with E-state index in [4.69, 9.17) is 0 Å². The molecule has 0 aliphatic carbocycles. The van der Waals surface area contributed by atoms with E-state index in [9.17, 15) is 0 Å². The van der Waals surface area contributed by atoms with Gasteiger partial charge in [-0.25, -0.2) is 0 Å². The molecule has 1 unspecified atom stereocenters. The zero-order valence-corrected chi connectivity index (χ0v) is 10.5. The van der Waals surface area contributed by atoms with Crippen molar-refractivity contribution in [1.29, 1.82) is 0 Å². The smallest absolute Gasteiger partial charge is 0.0271 e. The van der Waals surface area contributed by atoms with E-state index in [0.717, 1.165) is 19.0 Å². The molecule has 1 aromatic rings. The fourth-order valence-corrected chi connectivity index (χ4v) is 2.26. The summed E-state index contributed by atoms with van der Waals surface area (Å²) in [7, 11) is 2.03. The average molecular weight is 242 g/mol. The summed E-state index contributed by atoms with van der Waals surface area (Å²) in [6.07, 6.45) is 5.07. The summed E-state index contributed by atoms with van der Waals surface area (Å²) in [6.45, 7) is 4.67. The number of nitrogens with one attached hydrogen (secondary N) is 1. The Balaban J connectivity index is 0.00000128. The first-order chi connectivity index (χ1) is 7.38. The van der Waals surface area contributed by atoms with Gasteiger partial charge in [0.05, 0.1) is 0 Å². The third kappa shape index (κ3) is 3.74. The number of rotatable bonds is 4. The van der Waals surface area contributed by atoms with Crippen molar-refractivity contribution in [1.82, 2.24) is 15.2 Å². The van der Waals surface area contributed by atoms with Crippen LogP contribution in [0, 0.1) is 5.92 Å². The van der Waals surface area contributed by atoms with E-state index in [2.05, 4.69) is 27.3 Å². The first kappa shape index (κ1) is 13.4. The van der Waals surface area contributed by atoms with Crippen LogP contribution in [0.2, 0.25) is 0 Å². The minimum atomic E-state index is 0. The Morgan fingerprint density at radius 3 is 2.88 bits per heavy atom. The second-order valence-electron chi connectivity index (χ2n) is 4.30. The predicted molar refractivity (Wildman–Crippen MR) is 68.8 cm³/mol. The standard InChI is InChI=1S/C12H19N3.ClH/c1-13-8-12-4-7-15(10-12)9-11-2-5-14-6-3-11;/h2-3,5-6,12-13H,4,7-10H2,1H3;1H. The van der Waals surface area contributed by atoms with Crippen LogP contribution in [0.3, 0.4) is 0 Å². The van der Waals surface area contributed by atoms with Gasteiger partial charge in [-0.3, -0.25) is 9.88 Å². The van der Waals surface area contributed by atoms with Crippen LogP contribution in [0.4, 0.5) is 0 Å². The number of likely N-dealkylation sites (tertiary alicyclic amines) is 1. The van der Waals surface area contributed by atoms with Crippen LogP contribution in [0.15, 0.2) is 24.5 Å². The molecule has 1 aliphatic rings. The molecule has 1 N–H and O–H groups in total. The Labute approximate surface area is 104 Å². The van der Waals surface area contributed by atoms with Gasteiger partial charge < -0.3 is 5.32 Å². The van der Waals surface area contributed by atoms with Crippen molar-refractivity contribution in [3.63, 3.8) is 0 Å². The van der Waals surface area contributed by atoms with Crippen molar-refractivity contribution >= 4 is 12.4 Å². The first-order valence-electron chi connectivity index (χ1n) is 5.64. The maximum Gasteiger partial charge on any atom is 0.0271 e. The third-order valence-corrected chi connectivity index (χ3v) is 3.02. The van der Waals surface area contributed by atoms with Crippen LogP contribution in [0.25, 0.3) is 0 Å². The molecule has 0 spiro atoms. The molecule has 16 heavy (non-hydrogen) atoms. The topological polar surface area (TPSA) is 28.2 Å². The van der Waals surface area contributed by atoms with Crippen molar-refractivity contribution in [2.24, 2.45) is 5.92 Å². The Kier molecular flexibility index (Phi) is 5.74. The molecule has 2 rings (SSSR count). The number of halogens is 1. The molecule has 1 aliphatic heterocycles. The lowest BCUT2D eigenvalue weighted by atomic mass is 10.1. The van der Waals surface area contributed by atoms with Crippen LogP contribution < -0.4 is 5.32 Å². The highest BCUT2D eigenvalue weighted by atomic mass is 35.5. The average Bonchev–Trinajstić information content (AvgIpc) is 2.68. The van der Waals surface area contributed by atoms with E-state index in [0.29, 0.717) is 0 Å². The summed E-state index contributed by atoms with van der Waals surface area (Å²) in [5.74, 6) is 0.830. The zero-order chi connectivity index (χ0) is 10.5. The predicted octanol–water partition coefficient (Wildman–Crippen LogP) is 1.54. The molecular formula is C12H20ClN3. The molecule has 0 radical (unpaired) electrons. The van der Waals surface area contributed by atoms with Gasteiger partial charge in [-0.05, 0) is 50.2 Å². The molecule has 3 nitrogen and oxygen atoms in total. The van der Waals surface area contributed by atoms with Crippen LogP contribution in [-0.2, 0) is 6.54 Å². The summed E-state index contributed by atoms with van der Waals surface area (Å²) in [6, 6.07) is 4.21. The summed E-state index contributed by atoms with van der Waals surface area (Å²) in [4.78, 5) is 6.56. The van der Waals surface area contributed by atoms with E-state index >= 15 is 0 Å². The Morgan fingerprint density at radius 2 is 2.19 bits per heavy atom. The van der Waals surface area contributed by atoms with Crippen molar-refractivity contribution in [3.8, 4) is 0 Å². The van der Waals surface area contributed by atoms with Gasteiger partial charge >= 0.3 is 0 Å². The molecule has 1 saturated heterocycles. The van der Waals surface area contributed by atoms with Gasteiger partial charge in [-0.15, -0.1) is 12.4 Å². The lowest BCUT2D eigenvalue weighted by molar-refractivity contribution is 0.315. The molecule has 1 aromatic heterocycles. The number of nitrogens with zero attached hydrogens (tertiary/aromatic N) is 2.